The Kier molecular flexibility index (Phi) is 4.22. The molecule has 1 saturated carbocycles. The molecule has 1 aliphatic carbocycles. The first-order chi connectivity index (χ1) is 11.0. The molecule has 1 heterocycles. The van der Waals surface area contributed by atoms with Gasteiger partial charge in [-0.2, -0.15) is 5.10 Å². The molecule has 5 nitrogen and oxygen atoms in total. The number of benzene rings is 1. The summed E-state index contributed by atoms with van der Waals surface area (Å²) >= 11 is 5.94. The molecule has 0 bridgehead atoms. The molecule has 3 rings (SSSR count). The van der Waals surface area contributed by atoms with E-state index >= 15 is 0 Å². The van der Waals surface area contributed by atoms with Crippen LogP contribution in [0.5, 0.6) is 0 Å². The molecule has 1 amide bonds. The Labute approximate surface area is 139 Å². The Bertz CT molecular complexity index is 781. The highest BCUT2D eigenvalue weighted by Gasteiger charge is 2.37. The van der Waals surface area contributed by atoms with Gasteiger partial charge in [0.1, 0.15) is 5.69 Å². The number of hydrogen-bond acceptors (Lipinski definition) is 3. The largest absolute Gasteiger partial charge is 0.328 e. The van der Waals surface area contributed by atoms with E-state index in [2.05, 4.69) is 5.10 Å². The van der Waals surface area contributed by atoms with Crippen LogP contribution in [0.2, 0.25) is 5.02 Å². The van der Waals surface area contributed by atoms with Crippen LogP contribution in [0.15, 0.2) is 41.2 Å². The summed E-state index contributed by atoms with van der Waals surface area (Å²) < 4.78 is 1.19. The lowest BCUT2D eigenvalue weighted by Gasteiger charge is -2.29. The van der Waals surface area contributed by atoms with Gasteiger partial charge in [-0.3, -0.25) is 9.59 Å². The molecule has 23 heavy (non-hydrogen) atoms. The van der Waals surface area contributed by atoms with Crippen molar-refractivity contribution < 1.29 is 4.79 Å². The van der Waals surface area contributed by atoms with E-state index in [0.717, 1.165) is 18.4 Å². The number of carbonyl (C=O) groups is 1. The van der Waals surface area contributed by atoms with E-state index in [4.69, 9.17) is 11.6 Å². The normalized spacial score (nSPS) is 15.3. The molecule has 1 aliphatic rings. The molecule has 0 radical (unpaired) electrons. The van der Waals surface area contributed by atoms with Crippen molar-refractivity contribution in [1.29, 1.82) is 0 Å². The van der Waals surface area contributed by atoms with Crippen LogP contribution in [0.4, 0.5) is 0 Å². The summed E-state index contributed by atoms with van der Waals surface area (Å²) in [6.45, 7) is 2.00. The third-order valence-electron chi connectivity index (χ3n) is 4.12. The lowest BCUT2D eigenvalue weighted by molar-refractivity contribution is 0.0665. The van der Waals surface area contributed by atoms with Gasteiger partial charge in [0.15, 0.2) is 0 Å². The molecule has 6 heteroatoms. The average molecular weight is 332 g/mol. The van der Waals surface area contributed by atoms with Crippen LogP contribution in [0.3, 0.4) is 0 Å². The Hall–Kier alpha value is -2.14. The van der Waals surface area contributed by atoms with E-state index in [1.807, 2.05) is 36.1 Å². The molecule has 1 unspecified atom stereocenters. The topological polar surface area (TPSA) is 55.2 Å². The minimum absolute atomic E-state index is 0.0775. The zero-order chi connectivity index (χ0) is 16.6. The Morgan fingerprint density at radius 3 is 2.48 bits per heavy atom. The lowest BCUT2D eigenvalue weighted by atomic mass is 10.1. The predicted octanol–water partition coefficient (Wildman–Crippen LogP) is 2.80. The second-order valence-electron chi connectivity index (χ2n) is 5.85. The van der Waals surface area contributed by atoms with Gasteiger partial charge in [-0.25, -0.2) is 4.68 Å². The quantitative estimate of drug-likeness (QED) is 0.865. The fraction of sp³-hybridized carbons (Fsp3) is 0.353. The Balaban J connectivity index is 1.91. The van der Waals surface area contributed by atoms with E-state index in [-0.39, 0.29) is 23.6 Å². The summed E-state index contributed by atoms with van der Waals surface area (Å²) in [7, 11) is 1.54. The number of aryl methyl sites for hydroxylation is 1. The van der Waals surface area contributed by atoms with Crippen molar-refractivity contribution in [3.05, 3.63) is 63.0 Å². The Morgan fingerprint density at radius 2 is 1.91 bits per heavy atom. The van der Waals surface area contributed by atoms with Gasteiger partial charge in [0.2, 0.25) is 0 Å². The first-order valence-electron chi connectivity index (χ1n) is 7.60. The van der Waals surface area contributed by atoms with Crippen LogP contribution >= 0.6 is 11.6 Å². The van der Waals surface area contributed by atoms with E-state index < -0.39 is 0 Å². The highest BCUT2D eigenvalue weighted by atomic mass is 35.5. The van der Waals surface area contributed by atoms with Crippen molar-refractivity contribution in [2.45, 2.75) is 31.8 Å². The number of nitrogens with zero attached hydrogens (tertiary/aromatic N) is 3. The first-order valence-corrected chi connectivity index (χ1v) is 7.97. The maximum Gasteiger partial charge on any atom is 0.275 e. The molecule has 1 aromatic carbocycles. The van der Waals surface area contributed by atoms with Gasteiger partial charge in [0.25, 0.3) is 11.5 Å². The van der Waals surface area contributed by atoms with Gasteiger partial charge in [-0.05, 0) is 43.5 Å². The summed E-state index contributed by atoms with van der Waals surface area (Å²) in [6, 6.07) is 10.5. The molecule has 120 valence electrons. The van der Waals surface area contributed by atoms with Crippen molar-refractivity contribution in [3.63, 3.8) is 0 Å². The van der Waals surface area contributed by atoms with Crippen LogP contribution in [0, 0.1) is 0 Å². The summed E-state index contributed by atoms with van der Waals surface area (Å²) in [5.74, 6) is -0.148. The van der Waals surface area contributed by atoms with Crippen LogP contribution in [0.1, 0.15) is 41.9 Å². The SMILES string of the molecule is CC(c1ccc(Cl)cc1)N(C(=O)c1ccc(=O)n(C)n1)C1CC1. The smallest absolute Gasteiger partial charge is 0.275 e. The van der Waals surface area contributed by atoms with Gasteiger partial charge < -0.3 is 4.90 Å². The van der Waals surface area contributed by atoms with Crippen LogP contribution in [0.25, 0.3) is 0 Å². The minimum atomic E-state index is -0.231. The zero-order valence-electron chi connectivity index (χ0n) is 13.1. The maximum atomic E-state index is 12.9. The molecule has 2 aromatic rings. The van der Waals surface area contributed by atoms with Crippen molar-refractivity contribution in [1.82, 2.24) is 14.7 Å². The predicted molar refractivity (Wildman–Crippen MR) is 88.5 cm³/mol. The molecule has 0 N–H and O–H groups in total. The zero-order valence-corrected chi connectivity index (χ0v) is 13.8. The number of halogens is 1. The van der Waals surface area contributed by atoms with Gasteiger partial charge in [-0.15, -0.1) is 0 Å². The number of aromatic nitrogens is 2. The van der Waals surface area contributed by atoms with Gasteiger partial charge in [-0.1, -0.05) is 23.7 Å². The molecule has 0 spiro atoms. The highest BCUT2D eigenvalue weighted by Crippen LogP contribution is 2.35. The third kappa shape index (κ3) is 3.29. The lowest BCUT2D eigenvalue weighted by Crippen LogP contribution is -2.37. The third-order valence-corrected chi connectivity index (χ3v) is 4.38. The fourth-order valence-electron chi connectivity index (χ4n) is 2.66. The molecule has 1 atom stereocenters. The molecule has 0 saturated heterocycles. The van der Waals surface area contributed by atoms with Crippen LogP contribution < -0.4 is 5.56 Å². The molecule has 1 fully saturated rings. The number of hydrogen-bond donors (Lipinski definition) is 0. The Morgan fingerprint density at radius 1 is 1.26 bits per heavy atom. The van der Waals surface area contributed by atoms with Crippen LogP contribution in [-0.4, -0.2) is 26.6 Å². The number of amides is 1. The van der Waals surface area contributed by atoms with Crippen molar-refractivity contribution in [2.75, 3.05) is 0 Å². The first kappa shape index (κ1) is 15.7. The van der Waals surface area contributed by atoms with Crippen molar-refractivity contribution in [2.24, 2.45) is 7.05 Å². The van der Waals surface area contributed by atoms with Crippen LogP contribution in [-0.2, 0) is 7.05 Å². The average Bonchev–Trinajstić information content (AvgIpc) is 3.35. The fourth-order valence-corrected chi connectivity index (χ4v) is 2.79. The van der Waals surface area contributed by atoms with Crippen molar-refractivity contribution in [3.8, 4) is 0 Å². The van der Waals surface area contributed by atoms with E-state index in [0.29, 0.717) is 10.7 Å². The number of carbonyl (C=O) groups excluding carboxylic acids is 1. The second-order valence-corrected chi connectivity index (χ2v) is 6.29. The molecular weight excluding hydrogens is 314 g/mol. The monoisotopic (exact) mass is 331 g/mol. The van der Waals surface area contributed by atoms with Gasteiger partial charge >= 0.3 is 0 Å². The second kappa shape index (κ2) is 6.16. The summed E-state index contributed by atoms with van der Waals surface area (Å²) in [5, 5.41) is 4.76. The van der Waals surface area contributed by atoms with E-state index in [9.17, 15) is 9.59 Å². The molecular formula is C17H18ClN3O2. The maximum absolute atomic E-state index is 12.9. The molecule has 1 aromatic heterocycles. The van der Waals surface area contributed by atoms with Gasteiger partial charge in [0.05, 0.1) is 6.04 Å². The summed E-state index contributed by atoms with van der Waals surface area (Å²) in [5.41, 5.74) is 1.09. The standard InChI is InChI=1S/C17H18ClN3O2/c1-11(12-3-5-13(18)6-4-12)21(14-7-8-14)17(23)15-9-10-16(22)20(2)19-15/h3-6,9-11,14H,7-8H2,1-2H3. The highest BCUT2D eigenvalue weighted by molar-refractivity contribution is 6.30. The summed E-state index contributed by atoms with van der Waals surface area (Å²) in [6.07, 6.45) is 1.99. The summed E-state index contributed by atoms with van der Waals surface area (Å²) in [4.78, 5) is 26.2. The van der Waals surface area contributed by atoms with Gasteiger partial charge in [0, 0.05) is 24.2 Å². The molecule has 0 aliphatic heterocycles. The van der Waals surface area contributed by atoms with E-state index in [1.165, 1.54) is 16.8 Å². The van der Waals surface area contributed by atoms with Crippen molar-refractivity contribution >= 4 is 17.5 Å². The number of rotatable bonds is 4. The van der Waals surface area contributed by atoms with E-state index in [1.54, 1.807) is 7.05 Å². The minimum Gasteiger partial charge on any atom is -0.328 e.